The lowest BCUT2D eigenvalue weighted by Gasteiger charge is -2.26. The molecule has 2 nitrogen and oxygen atoms in total. The molecule has 2 heteroatoms. The number of hydrogen-bond acceptors (Lipinski definition) is 2. The van der Waals surface area contributed by atoms with Gasteiger partial charge in [0.2, 0.25) is 0 Å². The van der Waals surface area contributed by atoms with Crippen LogP contribution in [0.2, 0.25) is 0 Å². The van der Waals surface area contributed by atoms with Gasteiger partial charge in [-0.05, 0) is 18.9 Å². The Morgan fingerprint density at radius 3 is 2.78 bits per heavy atom. The summed E-state index contributed by atoms with van der Waals surface area (Å²) in [5.74, 6) is 0.828. The Hall–Kier alpha value is -0.0800. The molecule has 1 fully saturated rings. The molecule has 1 heterocycles. The molecular formula is C7H16N2. The minimum atomic E-state index is 0.406. The summed E-state index contributed by atoms with van der Waals surface area (Å²) in [5, 5.41) is 3.31. The van der Waals surface area contributed by atoms with E-state index in [9.17, 15) is 0 Å². The lowest BCUT2D eigenvalue weighted by molar-refractivity contribution is 0.334. The van der Waals surface area contributed by atoms with Crippen LogP contribution in [0.4, 0.5) is 0 Å². The number of hydrogen-bond donors (Lipinski definition) is 2. The highest BCUT2D eigenvalue weighted by molar-refractivity contribution is 4.76. The zero-order valence-corrected chi connectivity index (χ0v) is 6.06. The average Bonchev–Trinajstić information content (AvgIpc) is 1.88. The van der Waals surface area contributed by atoms with E-state index in [1.54, 1.807) is 0 Å². The molecule has 1 unspecified atom stereocenters. The highest BCUT2D eigenvalue weighted by atomic mass is 14.9. The molecular weight excluding hydrogens is 112 g/mol. The van der Waals surface area contributed by atoms with Gasteiger partial charge in [0, 0.05) is 12.6 Å². The molecule has 0 spiro atoms. The Morgan fingerprint density at radius 2 is 2.33 bits per heavy atom. The Labute approximate surface area is 56.8 Å². The summed E-state index contributed by atoms with van der Waals surface area (Å²) in [5.41, 5.74) is 5.74. The number of nitrogens with one attached hydrogen (secondary N) is 1. The zero-order valence-electron chi connectivity index (χ0n) is 6.06. The van der Waals surface area contributed by atoms with Crippen LogP contribution in [0.1, 0.15) is 19.8 Å². The van der Waals surface area contributed by atoms with Crippen molar-refractivity contribution >= 4 is 0 Å². The standard InChI is InChI=1S/C7H16N2/c1-2-6-3-7(8)5-9-4-6/h6-7,9H,2-5,8H2,1H3/t6?,7-/m0/s1. The third kappa shape index (κ3) is 1.95. The summed E-state index contributed by atoms with van der Waals surface area (Å²) >= 11 is 0. The number of nitrogens with two attached hydrogens (primary N) is 1. The molecule has 9 heavy (non-hydrogen) atoms. The second-order valence-electron chi connectivity index (χ2n) is 2.93. The van der Waals surface area contributed by atoms with Gasteiger partial charge < -0.3 is 11.1 Å². The van der Waals surface area contributed by atoms with Crippen molar-refractivity contribution < 1.29 is 0 Å². The van der Waals surface area contributed by atoms with Crippen molar-refractivity contribution in [3.8, 4) is 0 Å². The molecule has 54 valence electrons. The third-order valence-electron chi connectivity index (χ3n) is 2.05. The van der Waals surface area contributed by atoms with Crippen molar-refractivity contribution in [3.63, 3.8) is 0 Å². The fraction of sp³-hybridized carbons (Fsp3) is 1.00. The Balaban J connectivity index is 2.23. The molecule has 0 aromatic heterocycles. The predicted octanol–water partition coefficient (Wildman–Crippen LogP) is 0.333. The largest absolute Gasteiger partial charge is 0.327 e. The summed E-state index contributed by atoms with van der Waals surface area (Å²) in [6, 6.07) is 0.406. The van der Waals surface area contributed by atoms with Crippen LogP contribution in [-0.2, 0) is 0 Å². The molecule has 0 bridgehead atoms. The van der Waals surface area contributed by atoms with Gasteiger partial charge in [-0.15, -0.1) is 0 Å². The highest BCUT2D eigenvalue weighted by Crippen LogP contribution is 2.11. The first-order valence-electron chi connectivity index (χ1n) is 3.79. The van der Waals surface area contributed by atoms with Gasteiger partial charge in [-0.2, -0.15) is 0 Å². The molecule has 3 N–H and O–H groups in total. The monoisotopic (exact) mass is 128 g/mol. The van der Waals surface area contributed by atoms with E-state index < -0.39 is 0 Å². The van der Waals surface area contributed by atoms with Crippen molar-refractivity contribution in [1.29, 1.82) is 0 Å². The number of rotatable bonds is 1. The van der Waals surface area contributed by atoms with E-state index in [2.05, 4.69) is 12.2 Å². The Morgan fingerprint density at radius 1 is 1.56 bits per heavy atom. The van der Waals surface area contributed by atoms with Gasteiger partial charge in [-0.25, -0.2) is 0 Å². The van der Waals surface area contributed by atoms with Crippen LogP contribution in [0.25, 0.3) is 0 Å². The van der Waals surface area contributed by atoms with Gasteiger partial charge in [-0.1, -0.05) is 13.3 Å². The van der Waals surface area contributed by atoms with E-state index in [1.165, 1.54) is 19.4 Å². The fourth-order valence-corrected chi connectivity index (χ4v) is 1.38. The summed E-state index contributed by atoms with van der Waals surface area (Å²) in [4.78, 5) is 0. The quantitative estimate of drug-likeness (QED) is 0.534. The minimum Gasteiger partial charge on any atom is -0.327 e. The highest BCUT2D eigenvalue weighted by Gasteiger charge is 2.16. The summed E-state index contributed by atoms with van der Waals surface area (Å²) in [6.45, 7) is 4.41. The van der Waals surface area contributed by atoms with Crippen LogP contribution in [0, 0.1) is 5.92 Å². The minimum absolute atomic E-state index is 0.406. The van der Waals surface area contributed by atoms with Gasteiger partial charge >= 0.3 is 0 Å². The van der Waals surface area contributed by atoms with Crippen LogP contribution >= 0.6 is 0 Å². The van der Waals surface area contributed by atoms with E-state index >= 15 is 0 Å². The lowest BCUT2D eigenvalue weighted by Crippen LogP contribution is -2.43. The number of piperidine rings is 1. The maximum Gasteiger partial charge on any atom is 0.0168 e. The van der Waals surface area contributed by atoms with E-state index in [1.807, 2.05) is 0 Å². The van der Waals surface area contributed by atoms with Crippen molar-refractivity contribution in [3.05, 3.63) is 0 Å². The van der Waals surface area contributed by atoms with Gasteiger partial charge in [0.05, 0.1) is 0 Å². The summed E-state index contributed by atoms with van der Waals surface area (Å²) in [7, 11) is 0. The van der Waals surface area contributed by atoms with Crippen molar-refractivity contribution in [1.82, 2.24) is 5.32 Å². The molecule has 2 atom stereocenters. The molecule has 0 aromatic carbocycles. The van der Waals surface area contributed by atoms with Crippen LogP contribution in [0.15, 0.2) is 0 Å². The molecule has 1 saturated heterocycles. The topological polar surface area (TPSA) is 38.0 Å². The second kappa shape index (κ2) is 3.18. The Kier molecular flexibility index (Phi) is 2.49. The van der Waals surface area contributed by atoms with Crippen LogP contribution in [-0.4, -0.2) is 19.1 Å². The van der Waals surface area contributed by atoms with Gasteiger partial charge in [-0.3, -0.25) is 0 Å². The molecule has 1 aliphatic rings. The first kappa shape index (κ1) is 7.03. The van der Waals surface area contributed by atoms with Crippen LogP contribution < -0.4 is 11.1 Å². The van der Waals surface area contributed by atoms with E-state index in [-0.39, 0.29) is 0 Å². The summed E-state index contributed by atoms with van der Waals surface area (Å²) in [6.07, 6.45) is 2.48. The van der Waals surface area contributed by atoms with Crippen molar-refractivity contribution in [2.75, 3.05) is 13.1 Å². The Bertz CT molecular complexity index is 83.0. The first-order valence-corrected chi connectivity index (χ1v) is 3.79. The normalized spacial score (nSPS) is 36.7. The first-order chi connectivity index (χ1) is 4.33. The van der Waals surface area contributed by atoms with E-state index in [0.717, 1.165) is 12.5 Å². The van der Waals surface area contributed by atoms with Crippen LogP contribution in [0.3, 0.4) is 0 Å². The average molecular weight is 128 g/mol. The molecule has 0 radical (unpaired) electrons. The molecule has 1 rings (SSSR count). The van der Waals surface area contributed by atoms with E-state index in [0.29, 0.717) is 6.04 Å². The van der Waals surface area contributed by atoms with Gasteiger partial charge in [0.25, 0.3) is 0 Å². The van der Waals surface area contributed by atoms with Crippen LogP contribution in [0.5, 0.6) is 0 Å². The van der Waals surface area contributed by atoms with Gasteiger partial charge in [0.15, 0.2) is 0 Å². The predicted molar refractivity (Wildman–Crippen MR) is 39.2 cm³/mol. The summed E-state index contributed by atoms with van der Waals surface area (Å²) < 4.78 is 0. The smallest absolute Gasteiger partial charge is 0.0168 e. The maximum absolute atomic E-state index is 5.74. The molecule has 0 amide bonds. The van der Waals surface area contributed by atoms with Crippen molar-refractivity contribution in [2.24, 2.45) is 11.7 Å². The fourth-order valence-electron chi connectivity index (χ4n) is 1.38. The van der Waals surface area contributed by atoms with E-state index in [4.69, 9.17) is 5.73 Å². The molecule has 1 aliphatic heterocycles. The molecule has 0 saturated carbocycles. The third-order valence-corrected chi connectivity index (χ3v) is 2.05. The zero-order chi connectivity index (χ0) is 6.69. The lowest BCUT2D eigenvalue weighted by atomic mass is 9.94. The second-order valence-corrected chi connectivity index (χ2v) is 2.93. The van der Waals surface area contributed by atoms with Gasteiger partial charge in [0.1, 0.15) is 0 Å². The maximum atomic E-state index is 5.74. The molecule has 0 aromatic rings. The van der Waals surface area contributed by atoms with Crippen molar-refractivity contribution in [2.45, 2.75) is 25.8 Å². The molecule has 0 aliphatic carbocycles. The SMILES string of the molecule is CCC1CNC[C@@H](N)C1.